The molecule has 1 aromatic carbocycles. The van der Waals surface area contributed by atoms with Crippen molar-refractivity contribution in [3.63, 3.8) is 0 Å². The topological polar surface area (TPSA) is 91.9 Å². The Morgan fingerprint density at radius 1 is 1.45 bits per heavy atom. The molecule has 0 spiro atoms. The highest BCUT2D eigenvalue weighted by Crippen LogP contribution is 2.22. The fourth-order valence-corrected chi connectivity index (χ4v) is 2.89. The van der Waals surface area contributed by atoms with E-state index in [0.717, 1.165) is 6.26 Å². The highest BCUT2D eigenvalue weighted by molar-refractivity contribution is 7.90. The molecule has 2 aromatic rings. The summed E-state index contributed by atoms with van der Waals surface area (Å²) in [6.07, 6.45) is 4.26. The van der Waals surface area contributed by atoms with Crippen molar-refractivity contribution in [1.82, 2.24) is 15.3 Å². The first-order valence-corrected chi connectivity index (χ1v) is 7.91. The second-order valence-corrected chi connectivity index (χ2v) is 6.53. The van der Waals surface area contributed by atoms with E-state index >= 15 is 0 Å². The quantitative estimate of drug-likeness (QED) is 0.892. The molecule has 106 valence electrons. The number of nitrogens with zero attached hydrogens (tertiary/aromatic N) is 1. The summed E-state index contributed by atoms with van der Waals surface area (Å²) in [7, 11) is -3.48. The van der Waals surface area contributed by atoms with E-state index in [4.69, 9.17) is 11.6 Å². The molecule has 2 rings (SSSR count). The molecular weight excluding hydrogens is 302 g/mol. The Morgan fingerprint density at radius 3 is 2.80 bits per heavy atom. The molecule has 20 heavy (non-hydrogen) atoms. The highest BCUT2D eigenvalue weighted by atomic mass is 35.5. The van der Waals surface area contributed by atoms with Crippen molar-refractivity contribution in [1.29, 1.82) is 0 Å². The van der Waals surface area contributed by atoms with Crippen LogP contribution >= 0.6 is 11.6 Å². The fourth-order valence-electron chi connectivity index (χ4n) is 1.59. The summed E-state index contributed by atoms with van der Waals surface area (Å²) >= 11 is 5.82. The van der Waals surface area contributed by atoms with Gasteiger partial charge in [0.25, 0.3) is 5.91 Å². The number of nitrogens with one attached hydrogen (secondary N) is 2. The number of hydrogen-bond acceptors (Lipinski definition) is 4. The van der Waals surface area contributed by atoms with Crippen molar-refractivity contribution < 1.29 is 13.2 Å². The van der Waals surface area contributed by atoms with Gasteiger partial charge >= 0.3 is 0 Å². The van der Waals surface area contributed by atoms with Crippen molar-refractivity contribution >= 4 is 27.3 Å². The van der Waals surface area contributed by atoms with Crippen molar-refractivity contribution in [2.45, 2.75) is 11.4 Å². The number of sulfone groups is 1. The number of benzene rings is 1. The number of rotatable bonds is 4. The fraction of sp³-hybridized carbons (Fsp3) is 0.167. The summed E-state index contributed by atoms with van der Waals surface area (Å²) in [5, 5.41) is 2.72. The SMILES string of the molecule is CS(=O)(=O)c1cc(C(=O)NCc2ncc[nH]2)ccc1Cl. The van der Waals surface area contributed by atoms with E-state index < -0.39 is 15.7 Å². The molecule has 0 aliphatic rings. The Labute approximate surface area is 121 Å². The summed E-state index contributed by atoms with van der Waals surface area (Å²) in [5.41, 5.74) is 0.224. The van der Waals surface area contributed by atoms with Gasteiger partial charge in [-0.05, 0) is 18.2 Å². The molecule has 0 fully saturated rings. The lowest BCUT2D eigenvalue weighted by atomic mass is 10.2. The Kier molecular flexibility index (Phi) is 4.10. The first kappa shape index (κ1) is 14.5. The number of aromatic amines is 1. The summed E-state index contributed by atoms with van der Waals surface area (Å²) in [5.74, 6) is 0.207. The molecule has 2 N–H and O–H groups in total. The molecule has 0 aliphatic heterocycles. The molecule has 0 saturated heterocycles. The van der Waals surface area contributed by atoms with E-state index in [-0.39, 0.29) is 22.0 Å². The third-order valence-electron chi connectivity index (χ3n) is 2.56. The van der Waals surface area contributed by atoms with Gasteiger partial charge in [0.15, 0.2) is 9.84 Å². The average molecular weight is 314 g/mol. The van der Waals surface area contributed by atoms with Crippen LogP contribution in [0.3, 0.4) is 0 Å². The minimum absolute atomic E-state index is 0.0650. The van der Waals surface area contributed by atoms with Crippen molar-refractivity contribution in [3.8, 4) is 0 Å². The van der Waals surface area contributed by atoms with Gasteiger partial charge < -0.3 is 10.3 Å². The monoisotopic (exact) mass is 313 g/mol. The van der Waals surface area contributed by atoms with Gasteiger partial charge in [-0.15, -0.1) is 0 Å². The Balaban J connectivity index is 2.18. The van der Waals surface area contributed by atoms with E-state index in [9.17, 15) is 13.2 Å². The molecule has 1 amide bonds. The summed E-state index contributed by atoms with van der Waals surface area (Å²) in [6.45, 7) is 0.225. The van der Waals surface area contributed by atoms with Crippen LogP contribution in [0.2, 0.25) is 5.02 Å². The maximum atomic E-state index is 11.9. The molecule has 0 saturated carbocycles. The molecule has 0 atom stereocenters. The first-order valence-electron chi connectivity index (χ1n) is 5.64. The second kappa shape index (κ2) is 5.64. The van der Waals surface area contributed by atoms with Crippen LogP contribution in [0, 0.1) is 0 Å². The van der Waals surface area contributed by atoms with Gasteiger partial charge in [-0.1, -0.05) is 11.6 Å². The lowest BCUT2D eigenvalue weighted by Crippen LogP contribution is -2.23. The summed E-state index contributed by atoms with van der Waals surface area (Å²) in [6, 6.07) is 4.11. The Bertz CT molecular complexity index is 726. The molecule has 6 nitrogen and oxygen atoms in total. The first-order chi connectivity index (χ1) is 9.38. The zero-order valence-corrected chi connectivity index (χ0v) is 12.1. The third-order valence-corrected chi connectivity index (χ3v) is 4.14. The standard InChI is InChI=1S/C12H12ClN3O3S/c1-20(18,19)10-6-8(2-3-9(10)13)12(17)16-7-11-14-4-5-15-11/h2-6H,7H2,1H3,(H,14,15)(H,16,17). The maximum Gasteiger partial charge on any atom is 0.251 e. The van der Waals surface area contributed by atoms with Gasteiger partial charge in [0, 0.05) is 24.2 Å². The highest BCUT2D eigenvalue weighted by Gasteiger charge is 2.15. The van der Waals surface area contributed by atoms with Gasteiger partial charge in [0.05, 0.1) is 16.5 Å². The van der Waals surface area contributed by atoms with Crippen molar-refractivity contribution in [2.75, 3.05) is 6.26 Å². The zero-order valence-electron chi connectivity index (χ0n) is 10.6. The molecule has 1 aromatic heterocycles. The number of halogens is 1. The van der Waals surface area contributed by atoms with Crippen molar-refractivity contribution in [2.24, 2.45) is 0 Å². The molecule has 0 unspecified atom stereocenters. The average Bonchev–Trinajstić information content (AvgIpc) is 2.88. The van der Waals surface area contributed by atoms with E-state index in [0.29, 0.717) is 5.82 Å². The van der Waals surface area contributed by atoms with Gasteiger partial charge in [-0.3, -0.25) is 4.79 Å². The van der Waals surface area contributed by atoms with Crippen molar-refractivity contribution in [3.05, 3.63) is 47.0 Å². The minimum Gasteiger partial charge on any atom is -0.347 e. The summed E-state index contributed by atoms with van der Waals surface area (Å²) < 4.78 is 23.1. The predicted molar refractivity (Wildman–Crippen MR) is 74.3 cm³/mol. The molecule has 0 radical (unpaired) electrons. The van der Waals surface area contributed by atoms with E-state index in [1.165, 1.54) is 18.2 Å². The molecule has 0 aliphatic carbocycles. The van der Waals surface area contributed by atoms with Crippen LogP contribution < -0.4 is 5.32 Å². The normalized spacial score (nSPS) is 11.3. The number of H-pyrrole nitrogens is 1. The van der Waals surface area contributed by atoms with Crippen LogP contribution in [0.15, 0.2) is 35.5 Å². The van der Waals surface area contributed by atoms with Crippen LogP contribution in [-0.2, 0) is 16.4 Å². The molecule has 1 heterocycles. The van der Waals surface area contributed by atoms with Gasteiger partial charge in [-0.2, -0.15) is 0 Å². The number of carbonyl (C=O) groups is 1. The maximum absolute atomic E-state index is 11.9. The number of hydrogen-bond donors (Lipinski definition) is 2. The Hall–Kier alpha value is -1.86. The smallest absolute Gasteiger partial charge is 0.251 e. The van der Waals surface area contributed by atoms with Gasteiger partial charge in [0.2, 0.25) is 0 Å². The number of carbonyl (C=O) groups excluding carboxylic acids is 1. The van der Waals surface area contributed by atoms with Crippen LogP contribution in [0.4, 0.5) is 0 Å². The lowest BCUT2D eigenvalue weighted by molar-refractivity contribution is 0.0950. The predicted octanol–water partition coefficient (Wildman–Crippen LogP) is 1.40. The van der Waals surface area contributed by atoms with Gasteiger partial charge in [0.1, 0.15) is 5.82 Å². The molecule has 8 heteroatoms. The molecule has 0 bridgehead atoms. The largest absolute Gasteiger partial charge is 0.347 e. The summed E-state index contributed by atoms with van der Waals surface area (Å²) in [4.78, 5) is 18.7. The number of imidazole rings is 1. The molecular formula is C12H12ClN3O3S. The van der Waals surface area contributed by atoms with Crippen LogP contribution in [0.5, 0.6) is 0 Å². The third kappa shape index (κ3) is 3.37. The van der Waals surface area contributed by atoms with Gasteiger partial charge in [-0.25, -0.2) is 13.4 Å². The van der Waals surface area contributed by atoms with E-state index in [1.54, 1.807) is 12.4 Å². The van der Waals surface area contributed by atoms with E-state index in [1.807, 2.05) is 0 Å². The zero-order chi connectivity index (χ0) is 14.8. The van der Waals surface area contributed by atoms with E-state index in [2.05, 4.69) is 15.3 Å². The van der Waals surface area contributed by atoms with Crippen LogP contribution in [-0.4, -0.2) is 30.5 Å². The van der Waals surface area contributed by atoms with Crippen LogP contribution in [0.25, 0.3) is 0 Å². The number of amides is 1. The lowest BCUT2D eigenvalue weighted by Gasteiger charge is -2.06. The Morgan fingerprint density at radius 2 is 2.20 bits per heavy atom. The van der Waals surface area contributed by atoms with Crippen LogP contribution in [0.1, 0.15) is 16.2 Å². The second-order valence-electron chi connectivity index (χ2n) is 4.14. The number of aromatic nitrogens is 2. The minimum atomic E-state index is -3.48.